The summed E-state index contributed by atoms with van der Waals surface area (Å²) in [6.45, 7) is -0.441. The van der Waals surface area contributed by atoms with Crippen LogP contribution in [0.2, 0.25) is 0 Å². The molecule has 0 aliphatic carbocycles. The van der Waals surface area contributed by atoms with Gasteiger partial charge in [-0.1, -0.05) is 0 Å². The minimum Gasteiger partial charge on any atom is -0.452 e. The summed E-state index contributed by atoms with van der Waals surface area (Å²) < 4.78 is 4.69. The van der Waals surface area contributed by atoms with Gasteiger partial charge in [-0.2, -0.15) is 0 Å². The van der Waals surface area contributed by atoms with Crippen molar-refractivity contribution in [3.63, 3.8) is 0 Å². The average molecular weight is 181 g/mol. The number of carbonyl (C=O) groups is 1. The number of alkyl halides is 1. The second kappa shape index (κ2) is 2.97. The molecule has 5 heteroatoms. The number of rotatable bonds is 2. The largest absolute Gasteiger partial charge is 0.452 e. The Morgan fingerprint density at radius 1 is 1.82 bits per heavy atom. The van der Waals surface area contributed by atoms with Gasteiger partial charge in [-0.25, -0.2) is 0 Å². The predicted molar refractivity (Wildman–Crippen MR) is 37.3 cm³/mol. The molecular weight excluding hydrogens is 172 g/mol. The summed E-state index contributed by atoms with van der Waals surface area (Å²) in [5.74, 6) is -0.608. The Bertz CT molecular complexity index is 166. The molecule has 4 nitrogen and oxygen atoms in total. The van der Waals surface area contributed by atoms with Crippen LogP contribution >= 0.6 is 11.6 Å². The van der Waals surface area contributed by atoms with E-state index in [0.29, 0.717) is 0 Å². The predicted octanol–water partition coefficient (Wildman–Crippen LogP) is -0.736. The number of carbonyl (C=O) groups excluding carboxylic acids is 1. The zero-order valence-corrected chi connectivity index (χ0v) is 6.54. The lowest BCUT2D eigenvalue weighted by Gasteiger charge is -2.25. The third-order valence-electron chi connectivity index (χ3n) is 1.78. The third-order valence-corrected chi connectivity index (χ3v) is 2.23. The molecule has 1 rings (SSSR count). The van der Waals surface area contributed by atoms with E-state index in [1.807, 2.05) is 0 Å². The van der Waals surface area contributed by atoms with E-state index in [-0.39, 0.29) is 12.3 Å². The van der Waals surface area contributed by atoms with Crippen LogP contribution in [0.3, 0.4) is 0 Å². The average Bonchev–Trinajstić information content (AvgIpc) is 2.27. The van der Waals surface area contributed by atoms with E-state index in [2.05, 4.69) is 4.74 Å². The monoisotopic (exact) mass is 180 g/mol. The van der Waals surface area contributed by atoms with E-state index < -0.39 is 24.3 Å². The first-order valence-electron chi connectivity index (χ1n) is 3.21. The molecule has 1 heterocycles. The molecule has 0 saturated carbocycles. The number of hydrogen-bond donors (Lipinski definition) is 2. The number of aliphatic hydroxyl groups excluding tert-OH is 2. The smallest absolute Gasteiger partial charge is 0.309 e. The lowest BCUT2D eigenvalue weighted by Crippen LogP contribution is -2.44. The maximum absolute atomic E-state index is 10.6. The van der Waals surface area contributed by atoms with E-state index in [4.69, 9.17) is 16.7 Å². The Morgan fingerprint density at radius 3 is 2.64 bits per heavy atom. The van der Waals surface area contributed by atoms with Crippen LogP contribution in [0.4, 0.5) is 0 Å². The first-order chi connectivity index (χ1) is 5.14. The second-order valence-corrected chi connectivity index (χ2v) is 2.82. The molecule has 0 spiro atoms. The van der Waals surface area contributed by atoms with Crippen molar-refractivity contribution in [2.75, 3.05) is 12.5 Å². The minimum atomic E-state index is -1.27. The minimum absolute atomic E-state index is 0.0869. The van der Waals surface area contributed by atoms with Gasteiger partial charge in [0.25, 0.3) is 0 Å². The first-order valence-corrected chi connectivity index (χ1v) is 3.75. The fraction of sp³-hybridized carbons (Fsp3) is 0.833. The molecule has 0 aromatic rings. The van der Waals surface area contributed by atoms with Crippen molar-refractivity contribution in [2.24, 2.45) is 0 Å². The molecule has 0 amide bonds. The van der Waals surface area contributed by atoms with Crippen LogP contribution in [0, 0.1) is 0 Å². The molecule has 0 bridgehead atoms. The molecule has 1 aliphatic rings. The van der Waals surface area contributed by atoms with Gasteiger partial charge in [-0.05, 0) is 0 Å². The molecular formula is C6H9ClO4. The highest BCUT2D eigenvalue weighted by molar-refractivity contribution is 6.18. The Morgan fingerprint density at radius 2 is 2.45 bits per heavy atom. The van der Waals surface area contributed by atoms with Crippen molar-refractivity contribution >= 4 is 17.6 Å². The molecule has 0 aromatic heterocycles. The Kier molecular flexibility index (Phi) is 2.37. The molecule has 0 radical (unpaired) electrons. The van der Waals surface area contributed by atoms with Gasteiger partial charge in [0, 0.05) is 0 Å². The van der Waals surface area contributed by atoms with Crippen molar-refractivity contribution in [1.82, 2.24) is 0 Å². The fourth-order valence-electron chi connectivity index (χ4n) is 0.977. The molecule has 0 unspecified atom stereocenters. The quantitative estimate of drug-likeness (QED) is 0.434. The number of esters is 1. The maximum Gasteiger partial charge on any atom is 0.309 e. The van der Waals surface area contributed by atoms with Crippen molar-refractivity contribution in [1.29, 1.82) is 0 Å². The number of aliphatic hydroxyl groups is 2. The van der Waals surface area contributed by atoms with Crippen LogP contribution in [0.5, 0.6) is 0 Å². The number of halogens is 1. The third kappa shape index (κ3) is 1.34. The molecule has 1 aliphatic heterocycles. The number of hydrogen-bond acceptors (Lipinski definition) is 4. The molecule has 64 valence electrons. The van der Waals surface area contributed by atoms with E-state index in [1.54, 1.807) is 0 Å². The summed E-state index contributed by atoms with van der Waals surface area (Å²) in [4.78, 5) is 10.6. The standard InChI is InChI=1S/C6H9ClO4/c7-2-6(3-8)4(9)1-5(10)11-6/h4,8-9H,1-3H2/t4-,6+/m0/s1. The Labute approximate surface area is 68.7 Å². The molecule has 1 fully saturated rings. The highest BCUT2D eigenvalue weighted by Crippen LogP contribution is 2.27. The molecule has 2 atom stereocenters. The van der Waals surface area contributed by atoms with Gasteiger partial charge >= 0.3 is 5.97 Å². The number of cyclic esters (lactones) is 1. The van der Waals surface area contributed by atoms with Crippen molar-refractivity contribution in [2.45, 2.75) is 18.1 Å². The van der Waals surface area contributed by atoms with Gasteiger partial charge < -0.3 is 14.9 Å². The van der Waals surface area contributed by atoms with Crippen LogP contribution in [0.15, 0.2) is 0 Å². The molecule has 1 saturated heterocycles. The Hall–Kier alpha value is -0.320. The van der Waals surface area contributed by atoms with E-state index in [0.717, 1.165) is 0 Å². The van der Waals surface area contributed by atoms with Crippen LogP contribution in [0.25, 0.3) is 0 Å². The van der Waals surface area contributed by atoms with Gasteiger partial charge in [0.2, 0.25) is 0 Å². The van der Waals surface area contributed by atoms with Gasteiger partial charge in [0.1, 0.15) is 6.10 Å². The molecule has 0 aromatic carbocycles. The summed E-state index contributed by atoms with van der Waals surface area (Å²) in [6, 6.07) is 0. The summed E-state index contributed by atoms with van der Waals surface area (Å²) in [7, 11) is 0. The lowest BCUT2D eigenvalue weighted by molar-refractivity contribution is -0.152. The van der Waals surface area contributed by atoms with Gasteiger partial charge in [-0.15, -0.1) is 11.6 Å². The van der Waals surface area contributed by atoms with Crippen LogP contribution in [-0.4, -0.2) is 40.4 Å². The highest BCUT2D eigenvalue weighted by Gasteiger charge is 2.47. The van der Waals surface area contributed by atoms with Crippen molar-refractivity contribution in [3.05, 3.63) is 0 Å². The van der Waals surface area contributed by atoms with Crippen molar-refractivity contribution < 1.29 is 19.7 Å². The number of ether oxygens (including phenoxy) is 1. The fourth-order valence-corrected chi connectivity index (χ4v) is 1.29. The SMILES string of the molecule is O=C1C[C@H](O)[C@](CO)(CCl)O1. The van der Waals surface area contributed by atoms with E-state index >= 15 is 0 Å². The van der Waals surface area contributed by atoms with Crippen molar-refractivity contribution in [3.8, 4) is 0 Å². The lowest BCUT2D eigenvalue weighted by atomic mass is 10.0. The van der Waals surface area contributed by atoms with E-state index in [9.17, 15) is 9.90 Å². The topological polar surface area (TPSA) is 66.8 Å². The first kappa shape index (κ1) is 8.77. The molecule has 11 heavy (non-hydrogen) atoms. The molecule has 2 N–H and O–H groups in total. The normalized spacial score (nSPS) is 37.4. The summed E-state index contributed by atoms with van der Waals surface area (Å²) in [5.41, 5.74) is -1.27. The second-order valence-electron chi connectivity index (χ2n) is 2.55. The summed E-state index contributed by atoms with van der Waals surface area (Å²) in [6.07, 6.45) is -1.08. The summed E-state index contributed by atoms with van der Waals surface area (Å²) in [5, 5.41) is 18.0. The zero-order chi connectivity index (χ0) is 8.48. The maximum atomic E-state index is 10.6. The highest BCUT2D eigenvalue weighted by atomic mass is 35.5. The van der Waals surface area contributed by atoms with E-state index in [1.165, 1.54) is 0 Å². The Balaban J connectivity index is 2.75. The van der Waals surface area contributed by atoms with Gasteiger partial charge in [-0.3, -0.25) is 4.79 Å². The van der Waals surface area contributed by atoms with Gasteiger partial charge in [0.15, 0.2) is 5.60 Å². The van der Waals surface area contributed by atoms with Gasteiger partial charge in [0.05, 0.1) is 18.9 Å². The van der Waals surface area contributed by atoms with Crippen LogP contribution in [-0.2, 0) is 9.53 Å². The zero-order valence-electron chi connectivity index (χ0n) is 5.79. The van der Waals surface area contributed by atoms with Crippen LogP contribution < -0.4 is 0 Å². The van der Waals surface area contributed by atoms with Crippen LogP contribution in [0.1, 0.15) is 6.42 Å². The summed E-state index contributed by atoms with van der Waals surface area (Å²) >= 11 is 5.43.